The number of nitro groups is 1. The molecule has 0 spiro atoms. The fraction of sp³-hybridized carbons (Fsp3) is 0.188. The molecular formula is C16H17N3O6S. The van der Waals surface area contributed by atoms with Crippen LogP contribution in [0.2, 0.25) is 0 Å². The summed E-state index contributed by atoms with van der Waals surface area (Å²) in [6.07, 6.45) is 0. The van der Waals surface area contributed by atoms with Gasteiger partial charge in [-0.25, -0.2) is 13.6 Å². The van der Waals surface area contributed by atoms with Gasteiger partial charge in [0, 0.05) is 18.3 Å². The molecule has 0 radical (unpaired) electrons. The van der Waals surface area contributed by atoms with Crippen LogP contribution in [0.25, 0.3) is 0 Å². The number of benzene rings is 2. The van der Waals surface area contributed by atoms with Crippen LogP contribution in [0.5, 0.6) is 5.75 Å². The Balaban J connectivity index is 2.20. The number of sulfonamides is 1. The van der Waals surface area contributed by atoms with Gasteiger partial charge in [-0.05, 0) is 31.2 Å². The number of nitrogens with two attached hydrogens (primary N) is 1. The fourth-order valence-corrected chi connectivity index (χ4v) is 2.80. The van der Waals surface area contributed by atoms with E-state index in [-0.39, 0.29) is 5.75 Å². The molecule has 9 nitrogen and oxygen atoms in total. The highest BCUT2D eigenvalue weighted by Gasteiger charge is 2.22. The van der Waals surface area contributed by atoms with Crippen LogP contribution >= 0.6 is 0 Å². The molecule has 0 aliphatic carbocycles. The van der Waals surface area contributed by atoms with Crippen LogP contribution in [0.15, 0.2) is 53.4 Å². The largest absolute Gasteiger partial charge is 0.477 e. The second kappa shape index (κ2) is 7.93. The monoisotopic (exact) mass is 379 g/mol. The summed E-state index contributed by atoms with van der Waals surface area (Å²) in [4.78, 5) is 23.8. The van der Waals surface area contributed by atoms with Crippen LogP contribution in [0.3, 0.4) is 0 Å². The predicted molar refractivity (Wildman–Crippen MR) is 94.4 cm³/mol. The number of primary sulfonamides is 1. The summed E-state index contributed by atoms with van der Waals surface area (Å²) in [5.74, 6) is -0.622. The van der Waals surface area contributed by atoms with Crippen molar-refractivity contribution in [1.82, 2.24) is 0 Å². The molecule has 26 heavy (non-hydrogen) atoms. The number of para-hydroxylation sites is 1. The van der Waals surface area contributed by atoms with Gasteiger partial charge >= 0.3 is 5.69 Å². The van der Waals surface area contributed by atoms with E-state index in [1.807, 2.05) is 6.07 Å². The molecule has 0 bridgehead atoms. The molecule has 10 heteroatoms. The number of likely N-dealkylation sites (N-methyl/N-ethyl adjacent to an activating group) is 1. The molecule has 0 fully saturated rings. The number of hydrogen-bond donors (Lipinski definition) is 1. The minimum Gasteiger partial charge on any atom is -0.477 e. The number of ether oxygens (including phenoxy) is 1. The van der Waals surface area contributed by atoms with Crippen molar-refractivity contribution < 1.29 is 22.9 Å². The zero-order valence-electron chi connectivity index (χ0n) is 13.9. The Morgan fingerprint density at radius 3 is 2.42 bits per heavy atom. The quantitative estimate of drug-likeness (QED) is 0.575. The highest BCUT2D eigenvalue weighted by Crippen LogP contribution is 2.29. The maximum absolute atomic E-state index is 12.4. The van der Waals surface area contributed by atoms with E-state index < -0.39 is 38.0 Å². The van der Waals surface area contributed by atoms with E-state index in [9.17, 15) is 23.3 Å². The number of hydrogen-bond acceptors (Lipinski definition) is 6. The van der Waals surface area contributed by atoms with Crippen LogP contribution in [0.1, 0.15) is 6.92 Å². The lowest BCUT2D eigenvalue weighted by molar-refractivity contribution is -0.386. The van der Waals surface area contributed by atoms with E-state index in [1.54, 1.807) is 31.2 Å². The van der Waals surface area contributed by atoms with Gasteiger partial charge in [0.25, 0.3) is 5.91 Å². The van der Waals surface area contributed by atoms with E-state index in [2.05, 4.69) is 0 Å². The van der Waals surface area contributed by atoms with Crippen molar-refractivity contribution in [2.75, 3.05) is 18.1 Å². The van der Waals surface area contributed by atoms with Gasteiger partial charge in [-0.15, -0.1) is 0 Å². The first-order valence-corrected chi connectivity index (χ1v) is 9.08. The lowest BCUT2D eigenvalue weighted by Gasteiger charge is -2.21. The molecular weight excluding hydrogens is 362 g/mol. The number of carbonyl (C=O) groups is 1. The average molecular weight is 379 g/mol. The Kier molecular flexibility index (Phi) is 5.90. The summed E-state index contributed by atoms with van der Waals surface area (Å²) >= 11 is 0. The van der Waals surface area contributed by atoms with Crippen LogP contribution in [-0.4, -0.2) is 32.4 Å². The van der Waals surface area contributed by atoms with E-state index in [4.69, 9.17) is 9.88 Å². The summed E-state index contributed by atoms with van der Waals surface area (Å²) < 4.78 is 27.9. The Labute approximate surface area is 150 Å². The molecule has 0 unspecified atom stereocenters. The summed E-state index contributed by atoms with van der Waals surface area (Å²) in [5, 5.41) is 16.1. The van der Waals surface area contributed by atoms with Gasteiger partial charge in [-0.2, -0.15) is 0 Å². The van der Waals surface area contributed by atoms with Crippen molar-refractivity contribution in [1.29, 1.82) is 0 Å². The molecule has 0 aliphatic heterocycles. The minimum absolute atomic E-state index is 0.222. The van der Waals surface area contributed by atoms with E-state index in [0.29, 0.717) is 12.2 Å². The Morgan fingerprint density at radius 2 is 1.88 bits per heavy atom. The maximum Gasteiger partial charge on any atom is 0.312 e. The number of rotatable bonds is 7. The molecule has 0 atom stereocenters. The van der Waals surface area contributed by atoms with Gasteiger partial charge in [0.1, 0.15) is 0 Å². The van der Waals surface area contributed by atoms with Gasteiger partial charge < -0.3 is 9.64 Å². The van der Waals surface area contributed by atoms with E-state index in [0.717, 1.165) is 18.2 Å². The molecule has 0 aliphatic rings. The molecule has 0 saturated carbocycles. The number of nitro benzene ring substituents is 1. The van der Waals surface area contributed by atoms with E-state index in [1.165, 1.54) is 4.90 Å². The SMILES string of the molecule is CCN(C(=O)COc1ccc(S(N)(=O)=O)cc1[N+](=O)[O-])c1ccccc1. The third-order valence-electron chi connectivity index (χ3n) is 3.49. The van der Waals surface area contributed by atoms with Crippen molar-refractivity contribution in [2.45, 2.75) is 11.8 Å². The van der Waals surface area contributed by atoms with E-state index >= 15 is 0 Å². The number of carbonyl (C=O) groups excluding carboxylic acids is 1. The molecule has 138 valence electrons. The Bertz CT molecular complexity index is 915. The van der Waals surface area contributed by atoms with Crippen molar-refractivity contribution in [3.8, 4) is 5.75 Å². The van der Waals surface area contributed by atoms with Crippen LogP contribution in [0.4, 0.5) is 11.4 Å². The van der Waals surface area contributed by atoms with Crippen molar-refractivity contribution in [3.05, 3.63) is 58.6 Å². The van der Waals surface area contributed by atoms with Gasteiger partial charge in [0.15, 0.2) is 12.4 Å². The second-order valence-corrected chi connectivity index (χ2v) is 6.76. The summed E-state index contributed by atoms with van der Waals surface area (Å²) in [7, 11) is -4.10. The topological polar surface area (TPSA) is 133 Å². The van der Waals surface area contributed by atoms with Crippen molar-refractivity contribution in [3.63, 3.8) is 0 Å². The highest BCUT2D eigenvalue weighted by molar-refractivity contribution is 7.89. The lowest BCUT2D eigenvalue weighted by atomic mass is 10.3. The predicted octanol–water partition coefficient (Wildman–Crippen LogP) is 1.67. The second-order valence-electron chi connectivity index (χ2n) is 5.19. The minimum atomic E-state index is -4.10. The van der Waals surface area contributed by atoms with Crippen molar-refractivity contribution >= 4 is 27.3 Å². The van der Waals surface area contributed by atoms with Crippen LogP contribution in [-0.2, 0) is 14.8 Å². The standard InChI is InChI=1S/C16H17N3O6S/c1-2-18(12-6-4-3-5-7-12)16(20)11-25-15-9-8-13(26(17,23)24)10-14(15)19(21)22/h3-10H,2,11H2,1H3,(H2,17,23,24). The first-order chi connectivity index (χ1) is 12.2. The molecule has 2 rings (SSSR count). The number of nitrogens with zero attached hydrogens (tertiary/aromatic N) is 2. The Hall–Kier alpha value is -2.98. The summed E-state index contributed by atoms with van der Waals surface area (Å²) in [6.45, 7) is 1.73. The molecule has 0 aromatic heterocycles. The zero-order chi connectivity index (χ0) is 19.3. The van der Waals surface area contributed by atoms with Crippen LogP contribution < -0.4 is 14.8 Å². The summed E-state index contributed by atoms with van der Waals surface area (Å²) in [5.41, 5.74) is 0.0785. The molecule has 1 amide bonds. The summed E-state index contributed by atoms with van der Waals surface area (Å²) in [6, 6.07) is 11.9. The van der Waals surface area contributed by atoms with Gasteiger partial charge in [0.05, 0.1) is 9.82 Å². The van der Waals surface area contributed by atoms with Gasteiger partial charge in [-0.3, -0.25) is 14.9 Å². The molecule has 2 N–H and O–H groups in total. The number of amides is 1. The first kappa shape index (κ1) is 19.3. The normalized spacial score (nSPS) is 11.0. The van der Waals surface area contributed by atoms with Gasteiger partial charge in [-0.1, -0.05) is 18.2 Å². The lowest BCUT2D eigenvalue weighted by Crippen LogP contribution is -2.34. The smallest absolute Gasteiger partial charge is 0.312 e. The van der Waals surface area contributed by atoms with Crippen LogP contribution in [0, 0.1) is 10.1 Å². The third kappa shape index (κ3) is 4.55. The highest BCUT2D eigenvalue weighted by atomic mass is 32.2. The average Bonchev–Trinajstić information content (AvgIpc) is 2.60. The van der Waals surface area contributed by atoms with Gasteiger partial charge in [0.2, 0.25) is 10.0 Å². The Morgan fingerprint density at radius 1 is 1.23 bits per heavy atom. The molecule has 0 heterocycles. The first-order valence-electron chi connectivity index (χ1n) is 7.53. The molecule has 2 aromatic rings. The van der Waals surface area contributed by atoms with Crippen molar-refractivity contribution in [2.24, 2.45) is 5.14 Å². The molecule has 0 saturated heterocycles. The third-order valence-corrected chi connectivity index (χ3v) is 4.40. The fourth-order valence-electron chi connectivity index (χ4n) is 2.27. The maximum atomic E-state index is 12.4. The molecule has 2 aromatic carbocycles. The number of anilines is 1. The zero-order valence-corrected chi connectivity index (χ0v) is 14.7.